The van der Waals surface area contributed by atoms with Crippen LogP contribution >= 0.6 is 11.6 Å². The van der Waals surface area contributed by atoms with Gasteiger partial charge in [-0.05, 0) is 251 Å². The summed E-state index contributed by atoms with van der Waals surface area (Å²) in [5, 5.41) is 12.0. The Hall–Kier alpha value is -5.00. The van der Waals surface area contributed by atoms with Crippen molar-refractivity contribution in [2.75, 3.05) is 84.4 Å². The summed E-state index contributed by atoms with van der Waals surface area (Å²) in [7, 11) is 0. The molecule has 0 spiro atoms. The van der Waals surface area contributed by atoms with Gasteiger partial charge in [0.2, 0.25) is 0 Å². The number of amides is 3. The number of alkyl halides is 1. The van der Waals surface area contributed by atoms with Crippen LogP contribution in [-0.2, 0) is 41.5 Å². The standard InChI is InChI=1S/C17H26N2O2.C13H26N2O2.C12H18N2.C10H20N2O2.C10H18O5.C8H18N2.C3H7Cl.CH4/c1-17(2,3)21-16(20)18-15-9-11-19(12-10-15)13-14-7-5-4-6-8-14;1-5-8-15-9-6-11(7-10-15)14-12(16)17-13(2,3)4;13-12-6-8-14(9-7-12)10-11-4-2-1-3-5-11;1-10(2,3)14-9(13)12-8-4-6-11-7-5-8;1-9(2,3)14-7(11)13-8(12)15-10(4,5)6;1-2-5-10-6-3-8(9)4-7-10;1-2-3-4;/h4-8,15H,9-13H2,1-3H3,(H,18,20);11H,5-10H2,1-4H3,(H,14,16);1-5,12H,6-10,13H2;8,11H,4-7H2,1-3H3,(H,12,13);1-6H3;8H,2-7,9H2,1H3;2-3H2,1H3;1H4. The molecule has 0 atom stereocenters. The molecule has 556 valence electrons. The number of hydrogen-bond acceptors (Lipinski definition) is 18. The number of nitrogens with one attached hydrogen (secondary N) is 4. The summed E-state index contributed by atoms with van der Waals surface area (Å²) in [5.41, 5.74) is 11.7. The molecular formula is C74H137ClN10O11. The number of benzene rings is 2. The monoisotopic (exact) mass is 1380 g/mol. The molecule has 3 amide bonds. The van der Waals surface area contributed by atoms with Crippen LogP contribution in [0.5, 0.6) is 0 Å². The first-order chi connectivity index (χ1) is 44.4. The molecule has 0 saturated carbocycles. The zero-order chi connectivity index (χ0) is 71.7. The molecule has 21 nitrogen and oxygen atoms in total. The fraction of sp³-hybridized carbons (Fsp3) is 0.770. The van der Waals surface area contributed by atoms with E-state index in [9.17, 15) is 24.0 Å². The lowest BCUT2D eigenvalue weighted by Gasteiger charge is -2.32. The molecule has 5 fully saturated rings. The lowest BCUT2D eigenvalue weighted by Crippen LogP contribution is -2.46. The normalized spacial score (nSPS) is 17.5. The number of rotatable bonds is 12. The van der Waals surface area contributed by atoms with E-state index in [-0.39, 0.29) is 43.8 Å². The Morgan fingerprint density at radius 2 is 0.688 bits per heavy atom. The molecule has 2 aromatic carbocycles. The van der Waals surface area contributed by atoms with Gasteiger partial charge in [-0.1, -0.05) is 88.9 Å². The third-order valence-electron chi connectivity index (χ3n) is 14.7. The summed E-state index contributed by atoms with van der Waals surface area (Å²) >= 11 is 5.19. The number of hydrogen-bond donors (Lipinski definition) is 6. The first kappa shape index (κ1) is 91.0. The van der Waals surface area contributed by atoms with Gasteiger partial charge in [-0.15, -0.1) is 11.6 Å². The minimum Gasteiger partial charge on any atom is -0.444 e. The third kappa shape index (κ3) is 52.1. The number of piperidine rings is 5. The van der Waals surface area contributed by atoms with Gasteiger partial charge in [0, 0.05) is 75.4 Å². The van der Waals surface area contributed by atoms with Gasteiger partial charge >= 0.3 is 30.6 Å². The lowest BCUT2D eigenvalue weighted by molar-refractivity contribution is -0.0295. The van der Waals surface area contributed by atoms with Crippen LogP contribution in [0.2, 0.25) is 0 Å². The van der Waals surface area contributed by atoms with Gasteiger partial charge in [0.15, 0.2) is 0 Å². The van der Waals surface area contributed by atoms with Gasteiger partial charge in [-0.25, -0.2) is 24.0 Å². The quantitative estimate of drug-likeness (QED) is 0.0500. The van der Waals surface area contributed by atoms with Gasteiger partial charge in [0.1, 0.15) is 28.0 Å². The molecule has 2 aromatic rings. The number of alkyl carbamates (subject to hydrolysis) is 3. The Morgan fingerprint density at radius 1 is 0.427 bits per heavy atom. The first-order valence-corrected chi connectivity index (χ1v) is 35.8. The second-order valence-electron chi connectivity index (χ2n) is 30.1. The summed E-state index contributed by atoms with van der Waals surface area (Å²) < 4.78 is 29.5. The van der Waals surface area contributed by atoms with Crippen LogP contribution < -0.4 is 32.7 Å². The number of ether oxygens (including phenoxy) is 6. The van der Waals surface area contributed by atoms with E-state index in [2.05, 4.69) is 114 Å². The van der Waals surface area contributed by atoms with Crippen LogP contribution in [0, 0.1) is 0 Å². The zero-order valence-corrected chi connectivity index (χ0v) is 63.0. The fourth-order valence-corrected chi connectivity index (χ4v) is 10.1. The molecule has 0 unspecified atom stereocenters. The highest BCUT2D eigenvalue weighted by Gasteiger charge is 2.28. The number of halogens is 1. The third-order valence-corrected chi connectivity index (χ3v) is 15.0. The first-order valence-electron chi connectivity index (χ1n) is 35.3. The van der Waals surface area contributed by atoms with Crippen molar-refractivity contribution in [2.45, 2.75) is 287 Å². The molecule has 5 saturated heterocycles. The second kappa shape index (κ2) is 48.7. The van der Waals surface area contributed by atoms with E-state index in [1.165, 1.54) is 63.0 Å². The molecule has 96 heavy (non-hydrogen) atoms. The van der Waals surface area contributed by atoms with Crippen LogP contribution in [0.4, 0.5) is 24.0 Å². The van der Waals surface area contributed by atoms with Crippen molar-refractivity contribution >= 4 is 42.2 Å². The van der Waals surface area contributed by atoms with Crippen molar-refractivity contribution in [2.24, 2.45) is 11.5 Å². The molecule has 7 rings (SSSR count). The minimum atomic E-state index is -1.06. The Morgan fingerprint density at radius 3 is 0.958 bits per heavy atom. The predicted molar refractivity (Wildman–Crippen MR) is 393 cm³/mol. The number of carbonyl (C=O) groups excluding carboxylic acids is 5. The maximum atomic E-state index is 11.8. The van der Waals surface area contributed by atoms with E-state index >= 15 is 0 Å². The van der Waals surface area contributed by atoms with E-state index in [1.807, 2.05) is 75.3 Å². The van der Waals surface area contributed by atoms with E-state index in [1.54, 1.807) is 41.5 Å². The summed E-state index contributed by atoms with van der Waals surface area (Å²) in [4.78, 5) is 66.6. The van der Waals surface area contributed by atoms with E-state index in [0.717, 1.165) is 129 Å². The Labute approximate surface area is 587 Å². The van der Waals surface area contributed by atoms with E-state index < -0.39 is 40.3 Å². The van der Waals surface area contributed by atoms with Gasteiger partial charge in [-0.3, -0.25) is 9.80 Å². The smallest absolute Gasteiger partial charge is 0.444 e. The largest absolute Gasteiger partial charge is 0.519 e. The average Bonchev–Trinajstić information content (AvgIpc) is 1.24. The van der Waals surface area contributed by atoms with Crippen LogP contribution in [0.1, 0.15) is 227 Å². The number of nitrogens with zero attached hydrogens (tertiary/aromatic N) is 4. The maximum Gasteiger partial charge on any atom is 0.519 e. The summed E-state index contributed by atoms with van der Waals surface area (Å²) in [6.07, 6.45) is 11.2. The highest BCUT2D eigenvalue weighted by Crippen LogP contribution is 2.18. The number of nitrogens with two attached hydrogens (primary N) is 2. The van der Waals surface area contributed by atoms with Gasteiger partial charge in [0.05, 0.1) is 0 Å². The molecule has 0 bridgehead atoms. The summed E-state index contributed by atoms with van der Waals surface area (Å²) in [6, 6.07) is 22.8. The van der Waals surface area contributed by atoms with Crippen molar-refractivity contribution in [1.82, 2.24) is 40.9 Å². The molecule has 8 N–H and O–H groups in total. The Bertz CT molecular complexity index is 2300. The molecule has 5 aliphatic rings. The molecule has 0 aromatic heterocycles. The maximum absolute atomic E-state index is 11.8. The summed E-state index contributed by atoms with van der Waals surface area (Å²) in [5.74, 6) is 0.792. The minimum absolute atomic E-state index is 0. The average molecular weight is 1380 g/mol. The van der Waals surface area contributed by atoms with Gasteiger partial charge < -0.3 is 71.0 Å². The predicted octanol–water partition coefficient (Wildman–Crippen LogP) is 14.4. The van der Waals surface area contributed by atoms with Crippen molar-refractivity contribution in [1.29, 1.82) is 0 Å². The molecular weight excluding hydrogens is 1240 g/mol. The fourth-order valence-electron chi connectivity index (χ4n) is 10.1. The number of carbonyl (C=O) groups is 5. The van der Waals surface area contributed by atoms with E-state index in [4.69, 9.17) is 46.8 Å². The second-order valence-corrected chi connectivity index (χ2v) is 30.5. The van der Waals surface area contributed by atoms with Gasteiger partial charge in [0.25, 0.3) is 0 Å². The molecule has 5 heterocycles. The summed E-state index contributed by atoms with van der Waals surface area (Å²) in [6.45, 7) is 48.8. The van der Waals surface area contributed by atoms with Crippen LogP contribution in [0.25, 0.3) is 0 Å². The Kier molecular flexibility index (Phi) is 46.2. The van der Waals surface area contributed by atoms with E-state index in [0.29, 0.717) is 12.1 Å². The van der Waals surface area contributed by atoms with Gasteiger partial charge in [-0.2, -0.15) is 0 Å². The molecule has 5 aliphatic heterocycles. The van der Waals surface area contributed by atoms with Crippen molar-refractivity contribution in [3.63, 3.8) is 0 Å². The highest BCUT2D eigenvalue weighted by molar-refractivity contribution is 6.17. The highest BCUT2D eigenvalue weighted by atomic mass is 35.5. The Balaban J connectivity index is 0.00000112. The molecule has 0 aliphatic carbocycles. The zero-order valence-electron chi connectivity index (χ0n) is 62.3. The molecule has 22 heteroatoms. The van der Waals surface area contributed by atoms with Crippen LogP contribution in [0.15, 0.2) is 60.7 Å². The van der Waals surface area contributed by atoms with Crippen molar-refractivity contribution in [3.05, 3.63) is 71.8 Å². The van der Waals surface area contributed by atoms with Crippen molar-refractivity contribution in [3.8, 4) is 0 Å². The van der Waals surface area contributed by atoms with Crippen molar-refractivity contribution < 1.29 is 52.4 Å². The van der Waals surface area contributed by atoms with Crippen LogP contribution in [0.3, 0.4) is 0 Å². The van der Waals surface area contributed by atoms with Crippen LogP contribution in [-0.4, -0.2) is 193 Å². The SMILES string of the molecule is C.CC(C)(C)OC(=O)NC1CCN(Cc2ccccc2)CC1.CC(C)(C)OC(=O)NC1CCNCC1.CC(C)(C)OC(=O)OC(=O)OC(C)(C)C.CCCCl.CCCN1CCC(N)CC1.CCCN1CCC(NC(=O)OC(C)(C)C)CC1.NC1CCN(Cc2ccccc2)CC1. The topological polar surface area (TPSA) is 254 Å². The number of likely N-dealkylation sites (tertiary alicyclic amines) is 4. The molecule has 0 radical (unpaired) electrons. The lowest BCUT2D eigenvalue weighted by atomic mass is 10.0.